The highest BCUT2D eigenvalue weighted by atomic mass is 35.5. The van der Waals surface area contributed by atoms with Crippen LogP contribution in [0.25, 0.3) is 0 Å². The molecule has 0 bridgehead atoms. The molecule has 5 nitrogen and oxygen atoms in total. The van der Waals surface area contributed by atoms with Crippen molar-refractivity contribution in [1.82, 2.24) is 5.32 Å². The molecule has 0 spiro atoms. The van der Waals surface area contributed by atoms with E-state index >= 15 is 0 Å². The van der Waals surface area contributed by atoms with Gasteiger partial charge >= 0.3 is 0 Å². The first-order valence-corrected chi connectivity index (χ1v) is 12.7. The summed E-state index contributed by atoms with van der Waals surface area (Å²) in [6.45, 7) is 5.26. The van der Waals surface area contributed by atoms with Gasteiger partial charge in [0.2, 0.25) is 5.91 Å². The van der Waals surface area contributed by atoms with Gasteiger partial charge in [-0.3, -0.25) is 9.10 Å². The van der Waals surface area contributed by atoms with Crippen LogP contribution in [0.1, 0.15) is 30.0 Å². The second-order valence-corrected chi connectivity index (χ2v) is 10.5. The quantitative estimate of drug-likeness (QED) is 0.448. The van der Waals surface area contributed by atoms with Crippen LogP contribution in [-0.4, -0.2) is 26.9 Å². The van der Waals surface area contributed by atoms with Gasteiger partial charge in [0, 0.05) is 11.1 Å². The molecule has 3 rings (SSSR count). The van der Waals surface area contributed by atoms with Crippen LogP contribution in [0.5, 0.6) is 0 Å². The molecular weight excluding hydrogens is 456 g/mol. The monoisotopic (exact) mass is 484 g/mol. The van der Waals surface area contributed by atoms with Crippen molar-refractivity contribution in [2.75, 3.05) is 10.8 Å². The summed E-state index contributed by atoms with van der Waals surface area (Å²) in [5.41, 5.74) is 3.23. The SMILES string of the molecule is Cc1ccc(S(=O)(=O)N(CC(=O)N[C@H](C)CCc2ccccc2)c2cc(Cl)ccc2C)cc1. The molecule has 0 aliphatic heterocycles. The summed E-state index contributed by atoms with van der Waals surface area (Å²) >= 11 is 6.18. The Labute approximate surface area is 201 Å². The Balaban J connectivity index is 1.81. The fourth-order valence-corrected chi connectivity index (χ4v) is 5.18. The van der Waals surface area contributed by atoms with Crippen LogP contribution in [0.15, 0.2) is 77.7 Å². The molecule has 174 valence electrons. The van der Waals surface area contributed by atoms with Crippen LogP contribution in [0.3, 0.4) is 0 Å². The minimum atomic E-state index is -3.98. The number of halogens is 1. The normalized spacial score (nSPS) is 12.2. The number of rotatable bonds is 9. The Kier molecular flexibility index (Phi) is 8.16. The molecule has 0 aliphatic rings. The van der Waals surface area contributed by atoms with Crippen molar-refractivity contribution < 1.29 is 13.2 Å². The van der Waals surface area contributed by atoms with Gasteiger partial charge in [0.25, 0.3) is 10.0 Å². The predicted molar refractivity (Wildman–Crippen MR) is 134 cm³/mol. The number of amides is 1. The zero-order valence-electron chi connectivity index (χ0n) is 19.1. The molecule has 0 fully saturated rings. The number of carbonyl (C=O) groups excluding carboxylic acids is 1. The van der Waals surface area contributed by atoms with E-state index in [9.17, 15) is 13.2 Å². The summed E-state index contributed by atoms with van der Waals surface area (Å²) in [6.07, 6.45) is 1.57. The van der Waals surface area contributed by atoms with Crippen LogP contribution >= 0.6 is 11.6 Å². The first-order valence-electron chi connectivity index (χ1n) is 10.9. The van der Waals surface area contributed by atoms with Gasteiger partial charge in [-0.1, -0.05) is 65.7 Å². The summed E-state index contributed by atoms with van der Waals surface area (Å²) in [4.78, 5) is 13.0. The third kappa shape index (κ3) is 6.59. The Hall–Kier alpha value is -2.83. The van der Waals surface area contributed by atoms with Gasteiger partial charge in [0.05, 0.1) is 10.6 Å². The van der Waals surface area contributed by atoms with E-state index in [1.807, 2.05) is 44.2 Å². The van der Waals surface area contributed by atoms with Crippen LogP contribution in [0, 0.1) is 13.8 Å². The number of carbonyl (C=O) groups is 1. The number of nitrogens with zero attached hydrogens (tertiary/aromatic N) is 1. The van der Waals surface area contributed by atoms with Crippen molar-refractivity contribution in [2.24, 2.45) is 0 Å². The molecule has 0 saturated heterocycles. The number of sulfonamides is 1. The highest BCUT2D eigenvalue weighted by Gasteiger charge is 2.28. The first-order chi connectivity index (χ1) is 15.7. The van der Waals surface area contributed by atoms with E-state index in [4.69, 9.17) is 11.6 Å². The lowest BCUT2D eigenvalue weighted by molar-refractivity contribution is -0.120. The lowest BCUT2D eigenvalue weighted by Gasteiger charge is -2.26. The second-order valence-electron chi connectivity index (χ2n) is 8.25. The average molecular weight is 485 g/mol. The second kappa shape index (κ2) is 10.9. The number of hydrogen-bond acceptors (Lipinski definition) is 3. The molecule has 0 saturated carbocycles. The van der Waals surface area contributed by atoms with Gasteiger partial charge in [-0.05, 0) is 69.0 Å². The zero-order chi connectivity index (χ0) is 24.0. The molecule has 0 heterocycles. The highest BCUT2D eigenvalue weighted by molar-refractivity contribution is 7.92. The Morgan fingerprint density at radius 3 is 2.33 bits per heavy atom. The molecule has 0 unspecified atom stereocenters. The van der Waals surface area contributed by atoms with Crippen molar-refractivity contribution >= 4 is 33.2 Å². The smallest absolute Gasteiger partial charge is 0.264 e. The molecule has 1 N–H and O–H groups in total. The number of aryl methyl sites for hydroxylation is 3. The maximum atomic E-state index is 13.5. The van der Waals surface area contributed by atoms with Gasteiger partial charge in [0.1, 0.15) is 6.54 Å². The number of nitrogens with one attached hydrogen (secondary N) is 1. The maximum absolute atomic E-state index is 13.5. The molecule has 3 aromatic carbocycles. The first kappa shape index (κ1) is 24.8. The minimum absolute atomic E-state index is 0.109. The lowest BCUT2D eigenvalue weighted by Crippen LogP contribution is -2.44. The van der Waals surface area contributed by atoms with Crippen LogP contribution in [0.4, 0.5) is 5.69 Å². The number of hydrogen-bond donors (Lipinski definition) is 1. The maximum Gasteiger partial charge on any atom is 0.264 e. The van der Waals surface area contributed by atoms with Crippen molar-refractivity contribution in [3.63, 3.8) is 0 Å². The molecule has 33 heavy (non-hydrogen) atoms. The summed E-state index contributed by atoms with van der Waals surface area (Å²) in [6, 6.07) is 21.5. The molecule has 7 heteroatoms. The summed E-state index contributed by atoms with van der Waals surface area (Å²) in [7, 11) is -3.98. The van der Waals surface area contributed by atoms with Gasteiger partial charge in [0.15, 0.2) is 0 Å². The van der Waals surface area contributed by atoms with E-state index in [0.717, 1.165) is 22.7 Å². The largest absolute Gasteiger partial charge is 0.352 e. The van der Waals surface area contributed by atoms with Crippen molar-refractivity contribution in [3.05, 3.63) is 94.5 Å². The Morgan fingerprint density at radius 2 is 1.67 bits per heavy atom. The number of benzene rings is 3. The molecule has 0 aromatic heterocycles. The van der Waals surface area contributed by atoms with Gasteiger partial charge in [-0.25, -0.2) is 8.42 Å². The van der Waals surface area contributed by atoms with Gasteiger partial charge in [-0.2, -0.15) is 0 Å². The van der Waals surface area contributed by atoms with Gasteiger partial charge < -0.3 is 5.32 Å². The molecular formula is C26H29ClN2O3S. The molecule has 3 aromatic rings. The molecule has 1 amide bonds. The van der Waals surface area contributed by atoms with E-state index in [2.05, 4.69) is 5.32 Å². The van der Waals surface area contributed by atoms with Crippen LogP contribution in [0.2, 0.25) is 5.02 Å². The van der Waals surface area contributed by atoms with Crippen LogP contribution < -0.4 is 9.62 Å². The summed E-state index contributed by atoms with van der Waals surface area (Å²) in [5.74, 6) is -0.370. The Morgan fingerprint density at radius 1 is 1.00 bits per heavy atom. The van der Waals surface area contributed by atoms with Crippen molar-refractivity contribution in [1.29, 1.82) is 0 Å². The minimum Gasteiger partial charge on any atom is -0.352 e. The van der Waals surface area contributed by atoms with Crippen molar-refractivity contribution in [2.45, 2.75) is 44.6 Å². The Bertz CT molecular complexity index is 1200. The lowest BCUT2D eigenvalue weighted by atomic mass is 10.1. The van der Waals surface area contributed by atoms with Gasteiger partial charge in [-0.15, -0.1) is 0 Å². The third-order valence-corrected chi connectivity index (χ3v) is 7.46. The molecule has 0 aliphatic carbocycles. The standard InChI is InChI=1S/C26H29ClN2O3S/c1-19-9-15-24(16-10-19)33(31,32)29(25-17-23(27)14-11-20(25)2)18-26(30)28-21(3)12-13-22-7-5-4-6-8-22/h4-11,14-17,21H,12-13,18H2,1-3H3,(H,28,30)/t21-/m1/s1. The molecule has 0 radical (unpaired) electrons. The summed E-state index contributed by atoms with van der Waals surface area (Å²) < 4.78 is 28.2. The van der Waals surface area contributed by atoms with E-state index < -0.39 is 10.0 Å². The van der Waals surface area contributed by atoms with E-state index in [1.165, 1.54) is 5.56 Å². The predicted octanol–water partition coefficient (Wildman–Crippen LogP) is 5.29. The third-order valence-electron chi connectivity index (χ3n) is 5.45. The average Bonchev–Trinajstić information content (AvgIpc) is 2.79. The zero-order valence-corrected chi connectivity index (χ0v) is 20.7. The molecule has 1 atom stereocenters. The summed E-state index contributed by atoms with van der Waals surface area (Å²) in [5, 5.41) is 3.34. The fourth-order valence-electron chi connectivity index (χ4n) is 3.54. The topological polar surface area (TPSA) is 66.5 Å². The number of anilines is 1. The van der Waals surface area contributed by atoms with E-state index in [-0.39, 0.29) is 23.4 Å². The highest BCUT2D eigenvalue weighted by Crippen LogP contribution is 2.29. The fraction of sp³-hybridized carbons (Fsp3) is 0.269. The van der Waals surface area contributed by atoms with Crippen LogP contribution in [-0.2, 0) is 21.2 Å². The van der Waals surface area contributed by atoms with E-state index in [1.54, 1.807) is 49.4 Å². The van der Waals surface area contributed by atoms with Crippen molar-refractivity contribution in [3.8, 4) is 0 Å². The van der Waals surface area contributed by atoms with E-state index in [0.29, 0.717) is 16.3 Å².